The van der Waals surface area contributed by atoms with Crippen molar-refractivity contribution < 1.29 is 8.42 Å². The van der Waals surface area contributed by atoms with E-state index in [0.29, 0.717) is 12.4 Å². The topological polar surface area (TPSA) is 78.1 Å². The van der Waals surface area contributed by atoms with Crippen LogP contribution in [-0.4, -0.2) is 30.0 Å². The lowest BCUT2D eigenvalue weighted by molar-refractivity contribution is 0.471. The summed E-state index contributed by atoms with van der Waals surface area (Å²) in [5.41, 5.74) is 1.81. The minimum Gasteiger partial charge on any atom is -0.280 e. The highest BCUT2D eigenvalue weighted by Gasteiger charge is 2.19. The molecule has 2 aromatic rings. The van der Waals surface area contributed by atoms with Gasteiger partial charge in [-0.05, 0) is 11.5 Å². The maximum atomic E-state index is 12.2. The van der Waals surface area contributed by atoms with Gasteiger partial charge in [0.05, 0.1) is 0 Å². The fraction of sp³-hybridized carbons (Fsp3) is 0.357. The fourth-order valence-electron chi connectivity index (χ4n) is 1.82. The second-order valence-electron chi connectivity index (χ2n) is 5.21. The molecule has 6 nitrogen and oxygen atoms in total. The van der Waals surface area contributed by atoms with Gasteiger partial charge in [-0.1, -0.05) is 44.2 Å². The van der Waals surface area contributed by atoms with Crippen molar-refractivity contribution in [1.82, 2.24) is 14.5 Å². The van der Waals surface area contributed by atoms with Crippen LogP contribution in [0.25, 0.3) is 0 Å². The van der Waals surface area contributed by atoms with E-state index in [1.807, 2.05) is 44.2 Å². The van der Waals surface area contributed by atoms with Crippen LogP contribution in [0.4, 0.5) is 5.82 Å². The van der Waals surface area contributed by atoms with E-state index >= 15 is 0 Å². The summed E-state index contributed by atoms with van der Waals surface area (Å²) in [7, 11) is -2.09. The SMILES string of the molecule is CC(C)c1cc(NS(=O)(=O)N(C)Cc2ccccc2)n[nH]1. The van der Waals surface area contributed by atoms with Gasteiger partial charge in [0.25, 0.3) is 0 Å². The Kier molecular flexibility index (Phi) is 4.64. The molecule has 21 heavy (non-hydrogen) atoms. The van der Waals surface area contributed by atoms with Gasteiger partial charge >= 0.3 is 10.2 Å². The Balaban J connectivity index is 2.06. The molecule has 1 heterocycles. The maximum Gasteiger partial charge on any atom is 0.302 e. The Morgan fingerprint density at radius 2 is 1.95 bits per heavy atom. The van der Waals surface area contributed by atoms with E-state index in [-0.39, 0.29) is 5.92 Å². The summed E-state index contributed by atoms with van der Waals surface area (Å²) in [6.45, 7) is 4.32. The zero-order valence-electron chi connectivity index (χ0n) is 12.4. The van der Waals surface area contributed by atoms with Gasteiger partial charge in [0, 0.05) is 25.4 Å². The molecule has 0 unspecified atom stereocenters. The Morgan fingerprint density at radius 1 is 1.29 bits per heavy atom. The van der Waals surface area contributed by atoms with Crippen LogP contribution in [0.15, 0.2) is 36.4 Å². The average Bonchev–Trinajstić information content (AvgIpc) is 2.88. The van der Waals surface area contributed by atoms with Gasteiger partial charge in [-0.15, -0.1) is 0 Å². The van der Waals surface area contributed by atoms with Crippen molar-refractivity contribution in [2.45, 2.75) is 26.3 Å². The van der Waals surface area contributed by atoms with E-state index in [2.05, 4.69) is 14.9 Å². The zero-order valence-corrected chi connectivity index (χ0v) is 13.2. The smallest absolute Gasteiger partial charge is 0.280 e. The summed E-state index contributed by atoms with van der Waals surface area (Å²) in [5.74, 6) is 0.566. The second-order valence-corrected chi connectivity index (χ2v) is 6.99. The van der Waals surface area contributed by atoms with Crippen LogP contribution in [-0.2, 0) is 16.8 Å². The molecule has 0 aliphatic rings. The Hall–Kier alpha value is -1.86. The lowest BCUT2D eigenvalue weighted by Crippen LogP contribution is -2.32. The third-order valence-electron chi connectivity index (χ3n) is 3.11. The average molecular weight is 308 g/mol. The molecule has 0 bridgehead atoms. The molecule has 0 saturated carbocycles. The first kappa shape index (κ1) is 15.5. The molecule has 0 fully saturated rings. The lowest BCUT2D eigenvalue weighted by Gasteiger charge is -2.17. The van der Waals surface area contributed by atoms with Crippen LogP contribution in [0.1, 0.15) is 31.0 Å². The third-order valence-corrected chi connectivity index (χ3v) is 4.53. The second kappa shape index (κ2) is 6.28. The van der Waals surface area contributed by atoms with E-state index in [0.717, 1.165) is 11.3 Å². The van der Waals surface area contributed by atoms with Crippen molar-refractivity contribution in [3.63, 3.8) is 0 Å². The zero-order chi connectivity index (χ0) is 15.5. The molecular weight excluding hydrogens is 288 g/mol. The first-order chi connectivity index (χ1) is 9.88. The highest BCUT2D eigenvalue weighted by atomic mass is 32.2. The number of rotatable bonds is 6. The molecule has 0 aliphatic carbocycles. The van der Waals surface area contributed by atoms with E-state index in [1.165, 1.54) is 11.4 Å². The van der Waals surface area contributed by atoms with Crippen LogP contribution in [0.2, 0.25) is 0 Å². The monoisotopic (exact) mass is 308 g/mol. The molecule has 2 rings (SSSR count). The van der Waals surface area contributed by atoms with Crippen molar-refractivity contribution in [2.24, 2.45) is 0 Å². The van der Waals surface area contributed by atoms with E-state index < -0.39 is 10.2 Å². The standard InChI is InChI=1S/C14H20N4O2S/c1-11(2)13-9-14(16-15-13)17-21(19,20)18(3)10-12-7-5-4-6-8-12/h4-9,11H,10H2,1-3H3,(H2,15,16,17). The summed E-state index contributed by atoms with van der Waals surface area (Å²) in [5, 5.41) is 6.79. The Labute approximate surface area is 125 Å². The number of aromatic amines is 1. The number of anilines is 1. The van der Waals surface area contributed by atoms with Crippen LogP contribution < -0.4 is 4.72 Å². The van der Waals surface area contributed by atoms with Crippen molar-refractivity contribution in [1.29, 1.82) is 0 Å². The first-order valence-corrected chi connectivity index (χ1v) is 8.16. The summed E-state index contributed by atoms with van der Waals surface area (Å²) in [6, 6.07) is 11.1. The van der Waals surface area contributed by atoms with Crippen LogP contribution in [0.3, 0.4) is 0 Å². The molecule has 0 amide bonds. The van der Waals surface area contributed by atoms with Crippen molar-refractivity contribution in [3.8, 4) is 0 Å². The molecule has 0 radical (unpaired) electrons. The van der Waals surface area contributed by atoms with E-state index in [1.54, 1.807) is 6.07 Å². The van der Waals surface area contributed by atoms with Gasteiger partial charge in [0.15, 0.2) is 5.82 Å². The quantitative estimate of drug-likeness (QED) is 0.859. The normalized spacial score (nSPS) is 12.0. The molecule has 2 N–H and O–H groups in total. The molecular formula is C14H20N4O2S. The predicted octanol–water partition coefficient (Wildman–Crippen LogP) is 2.32. The number of nitrogens with one attached hydrogen (secondary N) is 2. The number of nitrogens with zero attached hydrogens (tertiary/aromatic N) is 2. The summed E-state index contributed by atoms with van der Waals surface area (Å²) < 4.78 is 28.2. The largest absolute Gasteiger partial charge is 0.302 e. The van der Waals surface area contributed by atoms with Gasteiger partial charge in [-0.3, -0.25) is 9.82 Å². The highest BCUT2D eigenvalue weighted by molar-refractivity contribution is 7.90. The Morgan fingerprint density at radius 3 is 2.52 bits per heavy atom. The van der Waals surface area contributed by atoms with Crippen LogP contribution in [0.5, 0.6) is 0 Å². The molecule has 0 aliphatic heterocycles. The fourth-order valence-corrected chi connectivity index (χ4v) is 2.66. The van der Waals surface area contributed by atoms with Gasteiger partial charge in [0.2, 0.25) is 0 Å². The van der Waals surface area contributed by atoms with Crippen molar-refractivity contribution in [3.05, 3.63) is 47.7 Å². The lowest BCUT2D eigenvalue weighted by atomic mass is 10.1. The summed E-state index contributed by atoms with van der Waals surface area (Å²) >= 11 is 0. The number of hydrogen-bond acceptors (Lipinski definition) is 3. The van der Waals surface area contributed by atoms with E-state index in [9.17, 15) is 8.42 Å². The van der Waals surface area contributed by atoms with Gasteiger partial charge < -0.3 is 0 Å². The maximum absolute atomic E-state index is 12.2. The van der Waals surface area contributed by atoms with E-state index in [4.69, 9.17) is 0 Å². The van der Waals surface area contributed by atoms with Gasteiger partial charge in [-0.25, -0.2) is 0 Å². The highest BCUT2D eigenvalue weighted by Crippen LogP contribution is 2.17. The molecule has 1 aromatic carbocycles. The third kappa shape index (κ3) is 4.05. The molecule has 0 atom stereocenters. The van der Waals surface area contributed by atoms with Crippen molar-refractivity contribution >= 4 is 16.0 Å². The predicted molar refractivity (Wildman–Crippen MR) is 83.1 cm³/mol. The summed E-state index contributed by atoms with van der Waals surface area (Å²) in [4.78, 5) is 0. The first-order valence-electron chi connectivity index (χ1n) is 6.72. The molecule has 1 aromatic heterocycles. The number of benzene rings is 1. The minimum atomic E-state index is -3.62. The minimum absolute atomic E-state index is 0.262. The molecule has 0 saturated heterocycles. The number of aromatic nitrogens is 2. The van der Waals surface area contributed by atoms with Gasteiger partial charge in [-0.2, -0.15) is 17.8 Å². The van der Waals surface area contributed by atoms with Gasteiger partial charge in [0.1, 0.15) is 0 Å². The van der Waals surface area contributed by atoms with Crippen LogP contribution in [0, 0.1) is 0 Å². The Bertz CT molecular complexity index is 680. The van der Waals surface area contributed by atoms with Crippen LogP contribution >= 0.6 is 0 Å². The molecule has 7 heteroatoms. The summed E-state index contributed by atoms with van der Waals surface area (Å²) in [6.07, 6.45) is 0. The number of hydrogen-bond donors (Lipinski definition) is 2. The molecule has 0 spiro atoms. The van der Waals surface area contributed by atoms with Crippen molar-refractivity contribution in [2.75, 3.05) is 11.8 Å². The number of H-pyrrole nitrogens is 1. The molecule has 114 valence electrons.